The molecule has 1 aliphatic carbocycles. The second-order valence-corrected chi connectivity index (χ2v) is 7.51. The second-order valence-electron chi connectivity index (χ2n) is 7.51. The highest BCUT2D eigenvalue weighted by Gasteiger charge is 2.63. The molecule has 0 amide bonds. The monoisotopic (exact) mass is 228 g/mol. The number of hydrogen-bond donors (Lipinski definition) is 1. The molecule has 2 nitrogen and oxygen atoms in total. The highest BCUT2D eigenvalue weighted by atomic mass is 19.2. The van der Waals surface area contributed by atoms with E-state index in [-0.39, 0.29) is 17.1 Å². The van der Waals surface area contributed by atoms with Gasteiger partial charge in [-0.05, 0) is 44.4 Å². The van der Waals surface area contributed by atoms with E-state index in [4.69, 9.17) is 0 Å². The summed E-state index contributed by atoms with van der Waals surface area (Å²) in [6, 6.07) is 0.491. The van der Waals surface area contributed by atoms with Gasteiger partial charge in [0, 0.05) is 11.6 Å². The number of likely N-dealkylation sites (tertiary alicyclic amines) is 1. The van der Waals surface area contributed by atoms with Crippen LogP contribution in [-0.4, -0.2) is 22.6 Å². The molecule has 2 aliphatic rings. The van der Waals surface area contributed by atoms with Gasteiger partial charge in [0.15, 0.2) is 0 Å². The fourth-order valence-electron chi connectivity index (χ4n) is 3.57. The molecule has 3 heteroatoms. The van der Waals surface area contributed by atoms with Gasteiger partial charge in [-0.1, -0.05) is 20.8 Å². The molecule has 1 N–H and O–H groups in total. The number of piperidine rings is 1. The minimum atomic E-state index is -0.0748. The van der Waals surface area contributed by atoms with Crippen molar-refractivity contribution < 1.29 is 4.48 Å². The van der Waals surface area contributed by atoms with Gasteiger partial charge < -0.3 is 0 Å². The minimum absolute atomic E-state index is 0.0229. The fourth-order valence-corrected chi connectivity index (χ4v) is 3.57. The van der Waals surface area contributed by atoms with E-state index in [2.05, 4.69) is 46.4 Å². The van der Waals surface area contributed by atoms with Crippen molar-refractivity contribution in [1.29, 1.82) is 0 Å². The lowest BCUT2D eigenvalue weighted by molar-refractivity contribution is -0.0291. The quantitative estimate of drug-likeness (QED) is 0.694. The lowest BCUT2D eigenvalue weighted by atomic mass is 9.82. The van der Waals surface area contributed by atoms with E-state index in [0.717, 1.165) is 0 Å². The first-order valence-corrected chi connectivity index (χ1v) is 6.32. The van der Waals surface area contributed by atoms with E-state index in [1.807, 2.05) is 5.54 Å². The summed E-state index contributed by atoms with van der Waals surface area (Å²) < 4.78 is 13.0. The number of nitrogens with zero attached hydrogens (tertiary/aromatic N) is 1. The number of hydrogen-bond acceptors (Lipinski definition) is 2. The van der Waals surface area contributed by atoms with Crippen LogP contribution in [0.15, 0.2) is 0 Å². The van der Waals surface area contributed by atoms with Gasteiger partial charge in [-0.3, -0.25) is 4.90 Å². The zero-order chi connectivity index (χ0) is 12.3. The molecule has 16 heavy (non-hydrogen) atoms. The van der Waals surface area contributed by atoms with Gasteiger partial charge in [-0.15, -0.1) is 10.0 Å². The van der Waals surface area contributed by atoms with Crippen LogP contribution in [0.25, 0.3) is 0 Å². The standard InChI is InChI=1S/C13H25FN2/c1-12(2,3)10-8-7-9(8)11(15-14)16(10)13(4,5)6/h8-11,15H,7H2,1-6H3/t8-,9+,10?,11-/m1/s1. The van der Waals surface area contributed by atoms with Gasteiger partial charge in [0.05, 0.1) is 6.17 Å². The molecule has 1 heterocycles. The zero-order valence-corrected chi connectivity index (χ0v) is 11.3. The van der Waals surface area contributed by atoms with Gasteiger partial charge in [0.2, 0.25) is 0 Å². The molecule has 1 saturated carbocycles. The summed E-state index contributed by atoms with van der Waals surface area (Å²) in [6.45, 7) is 13.4. The maximum absolute atomic E-state index is 13.0. The van der Waals surface area contributed by atoms with Crippen LogP contribution in [0, 0.1) is 17.3 Å². The van der Waals surface area contributed by atoms with Crippen molar-refractivity contribution in [2.45, 2.75) is 65.7 Å². The Balaban J connectivity index is 2.30. The van der Waals surface area contributed by atoms with Crippen LogP contribution in [0.5, 0.6) is 0 Å². The molecule has 0 bridgehead atoms. The van der Waals surface area contributed by atoms with Crippen molar-refractivity contribution in [2.75, 3.05) is 0 Å². The first-order valence-electron chi connectivity index (χ1n) is 6.32. The predicted octanol–water partition coefficient (Wildman–Crippen LogP) is 2.95. The van der Waals surface area contributed by atoms with E-state index in [9.17, 15) is 4.48 Å². The number of nitrogens with one attached hydrogen (secondary N) is 1. The largest absolute Gasteiger partial charge is 0.277 e. The van der Waals surface area contributed by atoms with Crippen LogP contribution in [0.2, 0.25) is 0 Å². The van der Waals surface area contributed by atoms with Crippen molar-refractivity contribution in [2.24, 2.45) is 17.3 Å². The fraction of sp³-hybridized carbons (Fsp3) is 1.00. The van der Waals surface area contributed by atoms with Gasteiger partial charge >= 0.3 is 0 Å². The van der Waals surface area contributed by atoms with Gasteiger partial charge in [0.1, 0.15) is 0 Å². The predicted molar refractivity (Wildman–Crippen MR) is 64.5 cm³/mol. The third kappa shape index (κ3) is 1.78. The molecule has 0 aromatic rings. The lowest BCUT2D eigenvalue weighted by Crippen LogP contribution is -2.58. The smallest absolute Gasteiger partial charge is 0.0926 e. The molecule has 2 fully saturated rings. The molecule has 1 unspecified atom stereocenters. The van der Waals surface area contributed by atoms with Gasteiger partial charge in [-0.25, -0.2) is 0 Å². The van der Waals surface area contributed by atoms with E-state index >= 15 is 0 Å². The SMILES string of the molecule is CC(C)(C)C1[C@@H]2C[C@@H]2[C@H](NF)N1C(C)(C)C. The van der Waals surface area contributed by atoms with Crippen molar-refractivity contribution in [1.82, 2.24) is 10.4 Å². The Hall–Kier alpha value is -0.150. The molecule has 1 aliphatic heterocycles. The van der Waals surface area contributed by atoms with E-state index in [1.54, 1.807) is 0 Å². The minimum Gasteiger partial charge on any atom is -0.277 e. The molecule has 94 valence electrons. The van der Waals surface area contributed by atoms with Gasteiger partial charge in [0.25, 0.3) is 0 Å². The Morgan fingerprint density at radius 1 is 1.06 bits per heavy atom. The Bertz CT molecular complexity index is 277. The summed E-state index contributed by atoms with van der Waals surface area (Å²) in [6.07, 6.45) is 1.12. The highest BCUT2D eigenvalue weighted by molar-refractivity contribution is 5.13. The molecule has 0 radical (unpaired) electrons. The Morgan fingerprint density at radius 2 is 1.62 bits per heavy atom. The van der Waals surface area contributed by atoms with Crippen molar-refractivity contribution in [3.05, 3.63) is 0 Å². The normalized spacial score (nSPS) is 39.9. The van der Waals surface area contributed by atoms with Crippen LogP contribution < -0.4 is 5.54 Å². The molecule has 0 aromatic heterocycles. The van der Waals surface area contributed by atoms with Crippen molar-refractivity contribution >= 4 is 0 Å². The molecule has 0 spiro atoms. The third-order valence-corrected chi connectivity index (χ3v) is 4.08. The molecular formula is C13H25FN2. The maximum atomic E-state index is 13.0. The summed E-state index contributed by atoms with van der Waals surface area (Å²) in [7, 11) is 0. The summed E-state index contributed by atoms with van der Waals surface area (Å²) in [5.41, 5.74) is 2.28. The maximum Gasteiger partial charge on any atom is 0.0926 e. The summed E-state index contributed by atoms with van der Waals surface area (Å²) in [5, 5.41) is 0. The van der Waals surface area contributed by atoms with Crippen molar-refractivity contribution in [3.63, 3.8) is 0 Å². The average Bonchev–Trinajstić information content (AvgIpc) is 2.75. The van der Waals surface area contributed by atoms with Crippen LogP contribution in [0.1, 0.15) is 48.0 Å². The number of halogens is 1. The lowest BCUT2D eigenvalue weighted by Gasteiger charge is -2.47. The second kappa shape index (κ2) is 3.42. The number of fused-ring (bicyclic) bond motifs is 1. The first kappa shape index (κ1) is 12.3. The molecule has 2 rings (SSSR count). The summed E-state index contributed by atoms with van der Waals surface area (Å²) >= 11 is 0. The molecule has 0 aromatic carbocycles. The van der Waals surface area contributed by atoms with E-state index in [0.29, 0.717) is 17.9 Å². The van der Waals surface area contributed by atoms with Crippen molar-refractivity contribution in [3.8, 4) is 0 Å². The van der Waals surface area contributed by atoms with Crippen LogP contribution >= 0.6 is 0 Å². The summed E-state index contributed by atoms with van der Waals surface area (Å²) in [4.78, 5) is 2.35. The first-order chi connectivity index (χ1) is 7.18. The van der Waals surface area contributed by atoms with Gasteiger partial charge in [-0.2, -0.15) is 0 Å². The Morgan fingerprint density at radius 3 is 2.00 bits per heavy atom. The van der Waals surface area contributed by atoms with Crippen LogP contribution in [-0.2, 0) is 0 Å². The Kier molecular flexibility index (Phi) is 2.63. The third-order valence-electron chi connectivity index (χ3n) is 4.08. The Labute approximate surface area is 98.5 Å². The highest BCUT2D eigenvalue weighted by Crippen LogP contribution is 2.58. The number of rotatable bonds is 1. The van der Waals surface area contributed by atoms with Crippen LogP contribution in [0.4, 0.5) is 4.48 Å². The van der Waals surface area contributed by atoms with E-state index < -0.39 is 0 Å². The average molecular weight is 228 g/mol. The molecule has 4 atom stereocenters. The molecular weight excluding hydrogens is 203 g/mol. The van der Waals surface area contributed by atoms with Crippen LogP contribution in [0.3, 0.4) is 0 Å². The zero-order valence-electron chi connectivity index (χ0n) is 11.3. The topological polar surface area (TPSA) is 15.3 Å². The van der Waals surface area contributed by atoms with E-state index in [1.165, 1.54) is 6.42 Å². The molecule has 1 saturated heterocycles. The summed E-state index contributed by atoms with van der Waals surface area (Å²) in [5.74, 6) is 1.21.